The molecule has 0 fully saturated rings. The average molecular weight is 284 g/mol. The van der Waals surface area contributed by atoms with Gasteiger partial charge in [0.2, 0.25) is 0 Å². The number of hydrogen-bond donors (Lipinski definition) is 1. The minimum absolute atomic E-state index is 0.107. The third-order valence-electron chi connectivity index (χ3n) is 2.72. The predicted molar refractivity (Wildman–Crippen MR) is 71.7 cm³/mol. The molecule has 0 spiro atoms. The molecule has 0 saturated carbocycles. The number of ether oxygens (including phenoxy) is 1. The fourth-order valence-corrected chi connectivity index (χ4v) is 2.16. The van der Waals surface area contributed by atoms with Gasteiger partial charge in [-0.1, -0.05) is 26.0 Å². The molecule has 0 amide bonds. The third kappa shape index (κ3) is 2.84. The zero-order chi connectivity index (χ0) is 14.0. The van der Waals surface area contributed by atoms with Crippen molar-refractivity contribution in [2.45, 2.75) is 26.4 Å². The normalized spacial score (nSPS) is 11.3. The lowest BCUT2D eigenvalue weighted by molar-refractivity contribution is -0.0498. The predicted octanol–water partition coefficient (Wildman–Crippen LogP) is 4.26. The van der Waals surface area contributed by atoms with Gasteiger partial charge < -0.3 is 9.72 Å². The van der Waals surface area contributed by atoms with Crippen LogP contribution in [0.15, 0.2) is 30.5 Å². The van der Waals surface area contributed by atoms with Crippen molar-refractivity contribution in [1.82, 2.24) is 9.55 Å². The number of aromatic amines is 1. The number of aromatic nitrogens is 2. The second-order valence-corrected chi connectivity index (χ2v) is 4.74. The van der Waals surface area contributed by atoms with Crippen LogP contribution in [-0.4, -0.2) is 16.2 Å². The zero-order valence-corrected chi connectivity index (χ0v) is 11.4. The van der Waals surface area contributed by atoms with Crippen LogP contribution in [-0.2, 0) is 0 Å². The molecule has 19 heavy (non-hydrogen) atoms. The highest BCUT2D eigenvalue weighted by atomic mass is 32.1. The van der Waals surface area contributed by atoms with E-state index in [-0.39, 0.29) is 11.7 Å². The van der Waals surface area contributed by atoms with Crippen molar-refractivity contribution in [3.63, 3.8) is 0 Å². The van der Waals surface area contributed by atoms with Gasteiger partial charge in [-0.05, 0) is 30.3 Å². The van der Waals surface area contributed by atoms with Crippen molar-refractivity contribution in [3.05, 3.63) is 40.9 Å². The summed E-state index contributed by atoms with van der Waals surface area (Å²) in [7, 11) is 0. The van der Waals surface area contributed by atoms with Crippen LogP contribution in [0, 0.1) is 4.77 Å². The molecular weight excluding hydrogens is 270 g/mol. The maximum Gasteiger partial charge on any atom is 0.387 e. The fraction of sp³-hybridized carbons (Fsp3) is 0.308. The van der Waals surface area contributed by atoms with Crippen molar-refractivity contribution in [2.75, 3.05) is 0 Å². The first-order valence-electron chi connectivity index (χ1n) is 5.85. The van der Waals surface area contributed by atoms with Gasteiger partial charge in [-0.25, -0.2) is 0 Å². The Morgan fingerprint density at radius 2 is 1.95 bits per heavy atom. The Hall–Kier alpha value is -1.69. The number of nitrogens with one attached hydrogen (secondary N) is 1. The van der Waals surface area contributed by atoms with Gasteiger partial charge in [0.05, 0.1) is 5.69 Å². The van der Waals surface area contributed by atoms with Crippen LogP contribution in [0.25, 0.3) is 5.69 Å². The molecule has 0 atom stereocenters. The van der Waals surface area contributed by atoms with Crippen LogP contribution >= 0.6 is 12.2 Å². The Balaban J connectivity index is 2.59. The Morgan fingerprint density at radius 3 is 2.58 bits per heavy atom. The molecule has 0 radical (unpaired) electrons. The number of halogens is 2. The van der Waals surface area contributed by atoms with E-state index in [4.69, 9.17) is 12.2 Å². The van der Waals surface area contributed by atoms with Crippen molar-refractivity contribution < 1.29 is 13.5 Å². The lowest BCUT2D eigenvalue weighted by Crippen LogP contribution is -2.08. The van der Waals surface area contributed by atoms with Crippen LogP contribution in [0.4, 0.5) is 8.78 Å². The van der Waals surface area contributed by atoms with E-state index in [1.54, 1.807) is 29.0 Å². The number of rotatable bonds is 4. The SMILES string of the molecule is CC(C)c1c[nH]c(=S)n1-c1ccccc1OC(F)F. The van der Waals surface area contributed by atoms with E-state index in [1.165, 1.54) is 6.07 Å². The third-order valence-corrected chi connectivity index (χ3v) is 3.02. The number of H-pyrrole nitrogens is 1. The molecule has 3 nitrogen and oxygen atoms in total. The summed E-state index contributed by atoms with van der Waals surface area (Å²) in [6, 6.07) is 6.60. The van der Waals surface area contributed by atoms with Gasteiger partial charge in [0.25, 0.3) is 0 Å². The number of alkyl halides is 2. The summed E-state index contributed by atoms with van der Waals surface area (Å²) in [5.41, 5.74) is 1.42. The van der Waals surface area contributed by atoms with E-state index < -0.39 is 6.61 Å². The number of para-hydroxylation sites is 2. The van der Waals surface area contributed by atoms with Crippen molar-refractivity contribution in [3.8, 4) is 11.4 Å². The second-order valence-electron chi connectivity index (χ2n) is 4.36. The highest BCUT2D eigenvalue weighted by Gasteiger charge is 2.15. The zero-order valence-electron chi connectivity index (χ0n) is 10.6. The van der Waals surface area contributed by atoms with Crippen LogP contribution in [0.2, 0.25) is 0 Å². The van der Waals surface area contributed by atoms with Crippen LogP contribution in [0.5, 0.6) is 5.75 Å². The molecule has 0 aliphatic rings. The molecule has 0 saturated heterocycles. The Bertz CT molecular complexity index is 619. The van der Waals surface area contributed by atoms with Crippen molar-refractivity contribution in [2.24, 2.45) is 0 Å². The van der Waals surface area contributed by atoms with Gasteiger partial charge in [-0.2, -0.15) is 8.78 Å². The summed E-state index contributed by atoms with van der Waals surface area (Å²) in [5.74, 6) is 0.308. The van der Waals surface area contributed by atoms with Crippen LogP contribution in [0.1, 0.15) is 25.5 Å². The Labute approximate surface area is 114 Å². The molecule has 1 aromatic heterocycles. The molecule has 6 heteroatoms. The maximum atomic E-state index is 12.4. The Kier molecular flexibility index (Phi) is 3.99. The summed E-state index contributed by atoms with van der Waals surface area (Å²) >= 11 is 5.21. The molecule has 0 aliphatic carbocycles. The lowest BCUT2D eigenvalue weighted by atomic mass is 10.1. The molecule has 1 aromatic carbocycles. The number of benzene rings is 1. The standard InChI is InChI=1S/C13H14F2N2OS/c1-8(2)10-7-16-13(19)17(10)9-5-3-4-6-11(9)18-12(14)15/h3-8,12H,1-2H3,(H,16,19). The van der Waals surface area contributed by atoms with Gasteiger partial charge >= 0.3 is 6.61 Å². The fourth-order valence-electron chi connectivity index (χ4n) is 1.89. The molecule has 1 heterocycles. The Morgan fingerprint density at radius 1 is 1.26 bits per heavy atom. The van der Waals surface area contributed by atoms with Gasteiger partial charge in [-0.3, -0.25) is 4.57 Å². The first-order valence-corrected chi connectivity index (χ1v) is 6.26. The van der Waals surface area contributed by atoms with E-state index in [9.17, 15) is 8.78 Å². The summed E-state index contributed by atoms with van der Waals surface area (Å²) in [4.78, 5) is 2.93. The molecule has 0 unspecified atom stereocenters. The van der Waals surface area contributed by atoms with E-state index in [1.807, 2.05) is 13.8 Å². The molecule has 1 N–H and O–H groups in total. The first-order chi connectivity index (χ1) is 9.00. The maximum absolute atomic E-state index is 12.4. The molecule has 0 bridgehead atoms. The van der Waals surface area contributed by atoms with Crippen molar-refractivity contribution in [1.29, 1.82) is 0 Å². The summed E-state index contributed by atoms with van der Waals surface area (Å²) < 4.78 is 31.6. The molecule has 102 valence electrons. The number of hydrogen-bond acceptors (Lipinski definition) is 2. The highest BCUT2D eigenvalue weighted by molar-refractivity contribution is 7.71. The summed E-state index contributed by atoms with van der Waals surface area (Å²) in [6.45, 7) is 1.15. The van der Waals surface area contributed by atoms with Gasteiger partial charge in [0, 0.05) is 11.9 Å². The number of nitrogens with zero attached hydrogens (tertiary/aromatic N) is 1. The summed E-state index contributed by atoms with van der Waals surface area (Å²) in [6.07, 6.45) is 1.78. The largest absolute Gasteiger partial charge is 0.433 e. The van der Waals surface area contributed by atoms with Crippen molar-refractivity contribution >= 4 is 12.2 Å². The van der Waals surface area contributed by atoms with E-state index in [0.29, 0.717) is 10.5 Å². The minimum Gasteiger partial charge on any atom is -0.433 e. The average Bonchev–Trinajstić information content (AvgIpc) is 2.71. The summed E-state index contributed by atoms with van der Waals surface area (Å²) in [5, 5.41) is 0. The van der Waals surface area contributed by atoms with Gasteiger partial charge in [0.1, 0.15) is 5.75 Å². The molecule has 2 aromatic rings. The quantitative estimate of drug-likeness (QED) is 0.850. The second kappa shape index (κ2) is 5.52. The van der Waals surface area contributed by atoms with Gasteiger partial charge in [0.15, 0.2) is 4.77 Å². The molecule has 0 aliphatic heterocycles. The minimum atomic E-state index is -2.86. The molecule has 2 rings (SSSR count). The smallest absolute Gasteiger partial charge is 0.387 e. The first kappa shape index (κ1) is 13.7. The lowest BCUT2D eigenvalue weighted by Gasteiger charge is -2.15. The number of imidazole rings is 1. The van der Waals surface area contributed by atoms with E-state index in [2.05, 4.69) is 9.72 Å². The highest BCUT2D eigenvalue weighted by Crippen LogP contribution is 2.28. The van der Waals surface area contributed by atoms with E-state index >= 15 is 0 Å². The van der Waals surface area contributed by atoms with Crippen LogP contribution < -0.4 is 4.74 Å². The van der Waals surface area contributed by atoms with Crippen LogP contribution in [0.3, 0.4) is 0 Å². The topological polar surface area (TPSA) is 29.9 Å². The molecular formula is C13H14F2N2OS. The monoisotopic (exact) mass is 284 g/mol. The van der Waals surface area contributed by atoms with E-state index in [0.717, 1.165) is 5.69 Å². The van der Waals surface area contributed by atoms with Gasteiger partial charge in [-0.15, -0.1) is 0 Å².